The minimum atomic E-state index is -1.03. The molecule has 0 bridgehead atoms. The van der Waals surface area contributed by atoms with Crippen LogP contribution in [0.15, 0.2) is 18.2 Å². The molecule has 1 heterocycles. The summed E-state index contributed by atoms with van der Waals surface area (Å²) in [6, 6.07) is 2.92. The normalized spacial score (nSPS) is 18.3. The summed E-state index contributed by atoms with van der Waals surface area (Å²) in [5, 5.41) is 11.6. The van der Waals surface area contributed by atoms with Crippen LogP contribution in [0.25, 0.3) is 0 Å². The molecule has 0 unspecified atom stereocenters. The number of nitrogens with one attached hydrogen (secondary N) is 1. The molecule has 3 amide bonds. The largest absolute Gasteiger partial charge is 0.481 e. The van der Waals surface area contributed by atoms with Gasteiger partial charge < -0.3 is 10.4 Å². The summed E-state index contributed by atoms with van der Waals surface area (Å²) in [5.41, 5.74) is 0.291. The molecule has 0 spiro atoms. The van der Waals surface area contributed by atoms with E-state index in [0.29, 0.717) is 10.7 Å². The van der Waals surface area contributed by atoms with Crippen LogP contribution in [-0.2, 0) is 9.59 Å². The van der Waals surface area contributed by atoms with Crippen LogP contribution >= 0.6 is 23.2 Å². The number of hydrogen-bond acceptors (Lipinski definition) is 3. The lowest BCUT2D eigenvalue weighted by molar-refractivity contribution is -0.137. The molecule has 1 atom stereocenters. The zero-order valence-electron chi connectivity index (χ0n) is 10.1. The number of halogens is 2. The Morgan fingerprint density at radius 2 is 2.00 bits per heavy atom. The maximum absolute atomic E-state index is 12.1. The predicted octanol–water partition coefficient (Wildman–Crippen LogP) is 2.28. The molecule has 20 heavy (non-hydrogen) atoms. The molecule has 6 nitrogen and oxygen atoms in total. The van der Waals surface area contributed by atoms with Gasteiger partial charge in [0.2, 0.25) is 0 Å². The van der Waals surface area contributed by atoms with E-state index in [1.807, 2.05) is 0 Å². The Morgan fingerprint density at radius 1 is 1.30 bits per heavy atom. The summed E-state index contributed by atoms with van der Waals surface area (Å²) >= 11 is 11.6. The number of rotatable bonds is 4. The van der Waals surface area contributed by atoms with Crippen molar-refractivity contribution in [2.45, 2.75) is 18.9 Å². The van der Waals surface area contributed by atoms with Gasteiger partial charge in [0, 0.05) is 6.42 Å². The van der Waals surface area contributed by atoms with Gasteiger partial charge in [0.25, 0.3) is 5.91 Å². The van der Waals surface area contributed by atoms with E-state index in [4.69, 9.17) is 28.3 Å². The van der Waals surface area contributed by atoms with E-state index in [2.05, 4.69) is 5.32 Å². The molecule has 0 aliphatic carbocycles. The number of carbonyl (C=O) groups excluding carboxylic acids is 2. The van der Waals surface area contributed by atoms with Crippen molar-refractivity contribution in [2.24, 2.45) is 0 Å². The van der Waals surface area contributed by atoms with Crippen LogP contribution in [0.2, 0.25) is 10.0 Å². The molecule has 106 valence electrons. The van der Waals surface area contributed by atoms with E-state index in [1.54, 1.807) is 0 Å². The van der Waals surface area contributed by atoms with Gasteiger partial charge in [0.05, 0.1) is 15.7 Å². The third-order valence-corrected chi connectivity index (χ3v) is 3.57. The van der Waals surface area contributed by atoms with Crippen molar-refractivity contribution in [1.29, 1.82) is 0 Å². The highest BCUT2D eigenvalue weighted by Crippen LogP contribution is 2.29. The first-order chi connectivity index (χ1) is 9.40. The van der Waals surface area contributed by atoms with E-state index < -0.39 is 23.9 Å². The Balaban J connectivity index is 2.20. The Morgan fingerprint density at radius 3 is 2.60 bits per heavy atom. The molecule has 8 heteroatoms. The molecule has 1 aliphatic rings. The van der Waals surface area contributed by atoms with Crippen molar-refractivity contribution in [3.63, 3.8) is 0 Å². The van der Waals surface area contributed by atoms with Gasteiger partial charge in [-0.25, -0.2) is 9.69 Å². The SMILES string of the molecule is O=C(O)CC[C@H]1NC(=O)N(c2ccc(Cl)c(Cl)c2)C1=O. The number of carboxylic acid groups (broad SMARTS) is 1. The van der Waals surface area contributed by atoms with Crippen LogP contribution in [0.1, 0.15) is 12.8 Å². The molecule has 1 saturated heterocycles. The quantitative estimate of drug-likeness (QED) is 0.834. The fourth-order valence-electron chi connectivity index (χ4n) is 1.86. The minimum absolute atomic E-state index is 0.0394. The van der Waals surface area contributed by atoms with Gasteiger partial charge in [-0.3, -0.25) is 9.59 Å². The fourth-order valence-corrected chi connectivity index (χ4v) is 2.16. The van der Waals surface area contributed by atoms with Gasteiger partial charge in [-0.1, -0.05) is 23.2 Å². The van der Waals surface area contributed by atoms with Crippen LogP contribution in [0.3, 0.4) is 0 Å². The Labute approximate surface area is 124 Å². The Kier molecular flexibility index (Phi) is 4.15. The maximum atomic E-state index is 12.1. The number of aliphatic carboxylic acids is 1. The van der Waals surface area contributed by atoms with Crippen LogP contribution in [0, 0.1) is 0 Å². The molecule has 0 aromatic heterocycles. The van der Waals surface area contributed by atoms with Gasteiger partial charge in [0.1, 0.15) is 6.04 Å². The third kappa shape index (κ3) is 2.86. The van der Waals surface area contributed by atoms with Crippen molar-refractivity contribution >= 4 is 46.8 Å². The number of amides is 3. The molecule has 1 fully saturated rings. The summed E-state index contributed by atoms with van der Waals surface area (Å²) in [4.78, 5) is 35.3. The number of carboxylic acids is 1. The van der Waals surface area contributed by atoms with Crippen molar-refractivity contribution < 1.29 is 19.5 Å². The van der Waals surface area contributed by atoms with Gasteiger partial charge in [0.15, 0.2) is 0 Å². The number of anilines is 1. The summed E-state index contributed by atoms with van der Waals surface area (Å²) in [7, 11) is 0. The summed E-state index contributed by atoms with van der Waals surface area (Å²) < 4.78 is 0. The van der Waals surface area contributed by atoms with Crippen molar-refractivity contribution in [1.82, 2.24) is 5.32 Å². The molecule has 1 aromatic carbocycles. The Hall–Kier alpha value is -1.79. The topological polar surface area (TPSA) is 86.7 Å². The minimum Gasteiger partial charge on any atom is -0.481 e. The third-order valence-electron chi connectivity index (χ3n) is 2.83. The molecule has 2 rings (SSSR count). The van der Waals surface area contributed by atoms with Crippen LogP contribution in [-0.4, -0.2) is 29.1 Å². The lowest BCUT2D eigenvalue weighted by Crippen LogP contribution is -2.31. The second-order valence-electron chi connectivity index (χ2n) is 4.21. The number of carbonyl (C=O) groups is 3. The van der Waals surface area contributed by atoms with E-state index >= 15 is 0 Å². The van der Waals surface area contributed by atoms with Gasteiger partial charge in [-0.05, 0) is 24.6 Å². The highest BCUT2D eigenvalue weighted by molar-refractivity contribution is 6.42. The first-order valence-corrected chi connectivity index (χ1v) is 6.47. The highest BCUT2D eigenvalue weighted by atomic mass is 35.5. The second-order valence-corrected chi connectivity index (χ2v) is 5.02. The van der Waals surface area contributed by atoms with Crippen molar-refractivity contribution in [3.8, 4) is 0 Å². The summed E-state index contributed by atoms with van der Waals surface area (Å²) in [5.74, 6) is -1.53. The molecule has 1 aromatic rings. The highest BCUT2D eigenvalue weighted by Gasteiger charge is 2.39. The number of imide groups is 1. The van der Waals surface area contributed by atoms with Crippen LogP contribution < -0.4 is 10.2 Å². The standard InChI is InChI=1S/C12H10Cl2N2O4/c13-7-2-1-6(5-8(7)14)16-11(19)9(15-12(16)20)3-4-10(17)18/h1-2,5,9H,3-4H2,(H,15,20)(H,17,18)/t9-/m1/s1. The molecular weight excluding hydrogens is 307 g/mol. The first-order valence-electron chi connectivity index (χ1n) is 5.71. The zero-order chi connectivity index (χ0) is 14.9. The number of benzene rings is 1. The van der Waals surface area contributed by atoms with Crippen molar-refractivity contribution in [3.05, 3.63) is 28.2 Å². The molecule has 0 saturated carbocycles. The van der Waals surface area contributed by atoms with Crippen LogP contribution in [0.5, 0.6) is 0 Å². The van der Waals surface area contributed by atoms with E-state index in [9.17, 15) is 14.4 Å². The molecule has 2 N–H and O–H groups in total. The molecule has 0 radical (unpaired) electrons. The summed E-state index contributed by atoms with van der Waals surface area (Å²) in [6.07, 6.45) is -0.163. The zero-order valence-corrected chi connectivity index (χ0v) is 11.6. The second kappa shape index (κ2) is 5.68. The van der Waals surface area contributed by atoms with Crippen LogP contribution in [0.4, 0.5) is 10.5 Å². The smallest absolute Gasteiger partial charge is 0.329 e. The molecule has 1 aliphatic heterocycles. The first kappa shape index (κ1) is 14.6. The number of hydrogen-bond donors (Lipinski definition) is 2. The average molecular weight is 317 g/mol. The monoisotopic (exact) mass is 316 g/mol. The van der Waals surface area contributed by atoms with Crippen molar-refractivity contribution in [2.75, 3.05) is 4.90 Å². The van der Waals surface area contributed by atoms with Gasteiger partial charge >= 0.3 is 12.0 Å². The number of urea groups is 1. The maximum Gasteiger partial charge on any atom is 0.329 e. The lowest BCUT2D eigenvalue weighted by Gasteiger charge is -2.13. The van der Waals surface area contributed by atoms with E-state index in [0.717, 1.165) is 4.90 Å². The Bertz CT molecular complexity index is 591. The fraction of sp³-hybridized carbons (Fsp3) is 0.250. The molecular formula is C12H10Cl2N2O4. The average Bonchev–Trinajstić information content (AvgIpc) is 2.65. The van der Waals surface area contributed by atoms with Gasteiger partial charge in [-0.15, -0.1) is 0 Å². The summed E-state index contributed by atoms with van der Waals surface area (Å²) in [6.45, 7) is 0. The number of nitrogens with zero attached hydrogens (tertiary/aromatic N) is 1. The predicted molar refractivity (Wildman–Crippen MR) is 73.1 cm³/mol. The van der Waals surface area contributed by atoms with Gasteiger partial charge in [-0.2, -0.15) is 0 Å². The van der Waals surface area contributed by atoms with E-state index in [-0.39, 0.29) is 17.9 Å². The lowest BCUT2D eigenvalue weighted by atomic mass is 10.1. The van der Waals surface area contributed by atoms with E-state index in [1.165, 1.54) is 18.2 Å².